The van der Waals surface area contributed by atoms with Crippen LogP contribution in [0.5, 0.6) is 0 Å². The van der Waals surface area contributed by atoms with Crippen molar-refractivity contribution in [2.24, 2.45) is 0 Å². The largest absolute Gasteiger partial charge is 0.144 e. The molecule has 2 rings (SSSR count). The predicted molar refractivity (Wildman–Crippen MR) is 60.5 cm³/mol. The maximum Gasteiger partial charge on any atom is 0.0481 e. The first-order valence-corrected chi connectivity index (χ1v) is 5.92. The fourth-order valence-electron chi connectivity index (χ4n) is 1.19. The van der Waals surface area contributed by atoms with E-state index in [-0.39, 0.29) is 0 Å². The average Bonchev–Trinajstić information content (AvgIpc) is 2.62. The quantitative estimate of drug-likeness (QED) is 0.580. The van der Waals surface area contributed by atoms with Crippen molar-refractivity contribution < 1.29 is 0 Å². The SMILES string of the molecule is CC.Cc1sc(C)c2sccc12. The van der Waals surface area contributed by atoms with E-state index in [2.05, 4.69) is 25.3 Å². The Morgan fingerprint density at radius 2 is 1.75 bits per heavy atom. The molecule has 0 aromatic carbocycles. The minimum Gasteiger partial charge on any atom is -0.144 e. The molecule has 2 aromatic rings. The van der Waals surface area contributed by atoms with E-state index in [9.17, 15) is 0 Å². The summed E-state index contributed by atoms with van der Waals surface area (Å²) in [6.07, 6.45) is 0. The summed E-state index contributed by atoms with van der Waals surface area (Å²) in [6, 6.07) is 2.21. The van der Waals surface area contributed by atoms with Gasteiger partial charge < -0.3 is 0 Å². The van der Waals surface area contributed by atoms with E-state index in [0.29, 0.717) is 0 Å². The highest BCUT2D eigenvalue weighted by molar-refractivity contribution is 7.23. The van der Waals surface area contributed by atoms with E-state index in [1.54, 1.807) is 0 Å². The Hall–Kier alpha value is -0.340. The van der Waals surface area contributed by atoms with Crippen molar-refractivity contribution in [2.75, 3.05) is 0 Å². The van der Waals surface area contributed by atoms with Gasteiger partial charge in [-0.1, -0.05) is 13.8 Å². The van der Waals surface area contributed by atoms with Crippen LogP contribution in [0.2, 0.25) is 0 Å². The summed E-state index contributed by atoms with van der Waals surface area (Å²) in [4.78, 5) is 2.91. The number of fused-ring (bicyclic) bond motifs is 1. The fraction of sp³-hybridized carbons (Fsp3) is 0.400. The Morgan fingerprint density at radius 3 is 2.33 bits per heavy atom. The monoisotopic (exact) mass is 198 g/mol. The lowest BCUT2D eigenvalue weighted by Crippen LogP contribution is -1.53. The first-order valence-electron chi connectivity index (χ1n) is 4.22. The Kier molecular flexibility index (Phi) is 3.29. The molecule has 0 nitrogen and oxygen atoms in total. The molecule has 0 saturated carbocycles. The highest BCUT2D eigenvalue weighted by atomic mass is 32.1. The molecule has 66 valence electrons. The van der Waals surface area contributed by atoms with Gasteiger partial charge in [-0.05, 0) is 25.3 Å². The summed E-state index contributed by atoms with van der Waals surface area (Å²) in [7, 11) is 0. The van der Waals surface area contributed by atoms with Gasteiger partial charge in [-0.2, -0.15) is 0 Å². The molecule has 0 bridgehead atoms. The van der Waals surface area contributed by atoms with Crippen LogP contribution >= 0.6 is 22.7 Å². The van der Waals surface area contributed by atoms with Crippen LogP contribution in [-0.2, 0) is 0 Å². The van der Waals surface area contributed by atoms with Gasteiger partial charge in [0.25, 0.3) is 0 Å². The molecule has 12 heavy (non-hydrogen) atoms. The smallest absolute Gasteiger partial charge is 0.0481 e. The van der Waals surface area contributed by atoms with E-state index in [4.69, 9.17) is 0 Å². The molecular formula is C10H14S2. The summed E-state index contributed by atoms with van der Waals surface area (Å²) >= 11 is 3.74. The summed E-state index contributed by atoms with van der Waals surface area (Å²) in [6.45, 7) is 8.38. The van der Waals surface area contributed by atoms with E-state index in [1.807, 2.05) is 36.5 Å². The molecule has 0 unspecified atom stereocenters. The van der Waals surface area contributed by atoms with Crippen molar-refractivity contribution in [2.45, 2.75) is 27.7 Å². The van der Waals surface area contributed by atoms with Gasteiger partial charge in [-0.15, -0.1) is 22.7 Å². The van der Waals surface area contributed by atoms with Crippen LogP contribution in [0.3, 0.4) is 0 Å². The van der Waals surface area contributed by atoms with Crippen LogP contribution in [-0.4, -0.2) is 0 Å². The van der Waals surface area contributed by atoms with Crippen LogP contribution < -0.4 is 0 Å². The molecule has 0 saturated heterocycles. The second-order valence-electron chi connectivity index (χ2n) is 2.38. The first kappa shape index (κ1) is 9.75. The molecule has 2 heterocycles. The zero-order valence-electron chi connectivity index (χ0n) is 7.97. The lowest BCUT2D eigenvalue weighted by Gasteiger charge is -1.75. The normalized spacial score (nSPS) is 9.67. The number of thiophene rings is 2. The Balaban J connectivity index is 0.000000336. The van der Waals surface area contributed by atoms with Crippen molar-refractivity contribution in [3.05, 3.63) is 21.2 Å². The van der Waals surface area contributed by atoms with Crippen molar-refractivity contribution in [1.29, 1.82) is 0 Å². The third kappa shape index (κ3) is 1.54. The molecule has 0 aliphatic carbocycles. The lowest BCUT2D eigenvalue weighted by molar-refractivity contribution is 1.50. The van der Waals surface area contributed by atoms with Crippen molar-refractivity contribution in [3.63, 3.8) is 0 Å². The fourth-order valence-corrected chi connectivity index (χ4v) is 3.32. The molecule has 0 N–H and O–H groups in total. The van der Waals surface area contributed by atoms with Gasteiger partial charge in [-0.25, -0.2) is 0 Å². The number of rotatable bonds is 0. The van der Waals surface area contributed by atoms with Gasteiger partial charge in [0.2, 0.25) is 0 Å². The van der Waals surface area contributed by atoms with Crippen LogP contribution in [0.15, 0.2) is 11.4 Å². The summed E-state index contributed by atoms with van der Waals surface area (Å²) in [5.41, 5.74) is 0. The van der Waals surface area contributed by atoms with E-state index in [1.165, 1.54) is 19.8 Å². The average molecular weight is 198 g/mol. The molecule has 0 amide bonds. The molecule has 0 spiro atoms. The Bertz CT molecular complexity index is 323. The Morgan fingerprint density at radius 1 is 1.08 bits per heavy atom. The van der Waals surface area contributed by atoms with E-state index in [0.717, 1.165) is 0 Å². The van der Waals surface area contributed by atoms with Gasteiger partial charge in [0.1, 0.15) is 0 Å². The van der Waals surface area contributed by atoms with Crippen molar-refractivity contribution in [3.8, 4) is 0 Å². The Labute approximate surface area is 81.9 Å². The molecule has 2 heteroatoms. The standard InChI is InChI=1S/C8H8S2.C2H6/c1-5-7-3-4-9-8(7)6(2)10-5;1-2/h3-4H,1-2H3;1-2H3. The number of aryl methyl sites for hydroxylation is 2. The van der Waals surface area contributed by atoms with Crippen molar-refractivity contribution >= 4 is 32.8 Å². The number of hydrogen-bond donors (Lipinski definition) is 0. The van der Waals surface area contributed by atoms with Gasteiger partial charge in [-0.3, -0.25) is 0 Å². The topological polar surface area (TPSA) is 0 Å². The van der Waals surface area contributed by atoms with Crippen LogP contribution in [0.1, 0.15) is 23.6 Å². The van der Waals surface area contributed by atoms with Crippen molar-refractivity contribution in [1.82, 2.24) is 0 Å². The molecule has 0 aliphatic heterocycles. The number of hydrogen-bond acceptors (Lipinski definition) is 2. The zero-order valence-corrected chi connectivity index (χ0v) is 9.60. The maximum atomic E-state index is 2.21. The van der Waals surface area contributed by atoms with Crippen LogP contribution in [0.4, 0.5) is 0 Å². The summed E-state index contributed by atoms with van der Waals surface area (Å²) in [5, 5.41) is 3.62. The molecule has 0 fully saturated rings. The third-order valence-corrected chi connectivity index (χ3v) is 3.87. The van der Waals surface area contributed by atoms with Gasteiger partial charge in [0, 0.05) is 19.8 Å². The lowest BCUT2D eigenvalue weighted by atomic mass is 10.3. The maximum absolute atomic E-state index is 2.21. The molecular weight excluding hydrogens is 184 g/mol. The zero-order chi connectivity index (χ0) is 9.14. The van der Waals surface area contributed by atoms with Gasteiger partial charge in [0.05, 0.1) is 0 Å². The first-order chi connectivity index (χ1) is 5.79. The molecule has 0 radical (unpaired) electrons. The van der Waals surface area contributed by atoms with Crippen LogP contribution in [0.25, 0.3) is 10.1 Å². The minimum atomic E-state index is 1.45. The molecule has 0 atom stereocenters. The summed E-state index contributed by atoms with van der Waals surface area (Å²) < 4.78 is 1.47. The highest BCUT2D eigenvalue weighted by Crippen LogP contribution is 2.33. The van der Waals surface area contributed by atoms with Gasteiger partial charge in [0.15, 0.2) is 0 Å². The van der Waals surface area contributed by atoms with Gasteiger partial charge >= 0.3 is 0 Å². The van der Waals surface area contributed by atoms with Crippen LogP contribution in [0, 0.1) is 13.8 Å². The molecule has 2 aromatic heterocycles. The third-order valence-electron chi connectivity index (χ3n) is 1.67. The van der Waals surface area contributed by atoms with E-state index >= 15 is 0 Å². The second kappa shape index (κ2) is 4.06. The second-order valence-corrected chi connectivity index (χ2v) is 4.72. The predicted octanol–water partition coefficient (Wildman–Crippen LogP) is 4.61. The minimum absolute atomic E-state index is 1.45. The molecule has 0 aliphatic rings. The summed E-state index contributed by atoms with van der Waals surface area (Å²) in [5.74, 6) is 0. The van der Waals surface area contributed by atoms with E-state index < -0.39 is 0 Å². The highest BCUT2D eigenvalue weighted by Gasteiger charge is 2.03.